The lowest BCUT2D eigenvalue weighted by atomic mass is 10.1. The van der Waals surface area contributed by atoms with Crippen molar-refractivity contribution in [1.82, 2.24) is 0 Å². The van der Waals surface area contributed by atoms with Crippen LogP contribution in [-0.2, 0) is 0 Å². The highest BCUT2D eigenvalue weighted by Gasteiger charge is 2.26. The van der Waals surface area contributed by atoms with Crippen molar-refractivity contribution in [1.29, 1.82) is 0 Å². The minimum Gasteiger partial charge on any atom is -0.324 e. The molecule has 0 unspecified atom stereocenters. The van der Waals surface area contributed by atoms with E-state index in [1.807, 2.05) is 11.8 Å². The summed E-state index contributed by atoms with van der Waals surface area (Å²) >= 11 is 1.92. The van der Waals surface area contributed by atoms with Crippen LogP contribution in [0.4, 0.5) is 0 Å². The van der Waals surface area contributed by atoms with Crippen LogP contribution in [0.5, 0.6) is 0 Å². The molecule has 36 valence electrons. The Morgan fingerprint density at radius 2 is 2.00 bits per heavy atom. The van der Waals surface area contributed by atoms with Crippen LogP contribution in [0.3, 0.4) is 0 Å². The molecular weight excluding hydrogens is 94.1 g/mol. The Kier molecular flexibility index (Phi) is 0.848. The van der Waals surface area contributed by atoms with Crippen LogP contribution >= 0.6 is 11.8 Å². The number of thioether (sulfide) groups is 1. The van der Waals surface area contributed by atoms with Gasteiger partial charge in [-0.2, -0.15) is 11.8 Å². The molecule has 1 aliphatic rings. The smallest absolute Gasteiger partial charge is 0.0309 e. The van der Waals surface area contributed by atoms with E-state index < -0.39 is 0 Å². The highest BCUT2D eigenvalue weighted by molar-refractivity contribution is 8.00. The fourth-order valence-corrected chi connectivity index (χ4v) is 1.27. The Balaban J connectivity index is 2.31. The summed E-state index contributed by atoms with van der Waals surface area (Å²) in [4.78, 5) is 0. The van der Waals surface area contributed by atoms with Gasteiger partial charge in [-0.25, -0.2) is 0 Å². The molecule has 0 aliphatic carbocycles. The third-order valence-electron chi connectivity index (χ3n) is 0.864. The second-order valence-corrected chi connectivity index (χ2v) is 3.13. The maximum atomic E-state index is 5.60. The first kappa shape index (κ1) is 4.47. The molecule has 2 heteroatoms. The van der Waals surface area contributed by atoms with E-state index in [0.717, 1.165) is 11.5 Å². The van der Waals surface area contributed by atoms with Crippen molar-refractivity contribution in [2.45, 2.75) is 12.5 Å². The summed E-state index contributed by atoms with van der Waals surface area (Å²) in [6.45, 7) is 2.09. The average molecular weight is 103 g/mol. The number of hydrogen-bond acceptors (Lipinski definition) is 2. The molecule has 1 fully saturated rings. The summed E-state index contributed by atoms with van der Waals surface area (Å²) in [5, 5.41) is 0. The normalized spacial score (nSPS) is 29.0. The Hall–Kier alpha value is 0.310. The second kappa shape index (κ2) is 1.14. The van der Waals surface area contributed by atoms with Crippen LogP contribution in [0.1, 0.15) is 6.92 Å². The molecule has 1 rings (SSSR count). The minimum absolute atomic E-state index is 0.185. The highest BCUT2D eigenvalue weighted by Crippen LogP contribution is 2.25. The molecule has 2 N–H and O–H groups in total. The van der Waals surface area contributed by atoms with E-state index in [4.69, 9.17) is 5.73 Å². The summed E-state index contributed by atoms with van der Waals surface area (Å²) in [6, 6.07) is 0. The van der Waals surface area contributed by atoms with Gasteiger partial charge >= 0.3 is 0 Å². The number of hydrogen-bond donors (Lipinski definition) is 1. The van der Waals surface area contributed by atoms with Crippen molar-refractivity contribution in [3.8, 4) is 0 Å². The lowest BCUT2D eigenvalue weighted by molar-refractivity contribution is 0.571. The first-order chi connectivity index (χ1) is 2.71. The molecule has 6 heavy (non-hydrogen) atoms. The number of rotatable bonds is 0. The third kappa shape index (κ3) is 0.684. The first-order valence-corrected chi connectivity index (χ1v) is 3.23. The maximum Gasteiger partial charge on any atom is 0.0309 e. The van der Waals surface area contributed by atoms with Crippen molar-refractivity contribution in [2.24, 2.45) is 5.73 Å². The molecule has 1 aliphatic heterocycles. The zero-order chi connectivity index (χ0) is 4.62. The van der Waals surface area contributed by atoms with E-state index >= 15 is 0 Å². The van der Waals surface area contributed by atoms with Crippen LogP contribution in [0.15, 0.2) is 0 Å². The zero-order valence-electron chi connectivity index (χ0n) is 3.90. The van der Waals surface area contributed by atoms with Crippen molar-refractivity contribution < 1.29 is 0 Å². The zero-order valence-corrected chi connectivity index (χ0v) is 4.72. The molecule has 1 nitrogen and oxygen atoms in total. The Labute approximate surface area is 42.3 Å². The van der Waals surface area contributed by atoms with Crippen molar-refractivity contribution in [3.05, 3.63) is 0 Å². The Bertz CT molecular complexity index is 54.6. The summed E-state index contributed by atoms with van der Waals surface area (Å²) in [6.07, 6.45) is 0. The molecule has 0 amide bonds. The van der Waals surface area contributed by atoms with E-state index in [1.54, 1.807) is 0 Å². The lowest BCUT2D eigenvalue weighted by Crippen LogP contribution is -2.48. The van der Waals surface area contributed by atoms with Crippen LogP contribution in [0.2, 0.25) is 0 Å². The molecule has 0 aromatic heterocycles. The van der Waals surface area contributed by atoms with Gasteiger partial charge in [0.15, 0.2) is 0 Å². The Morgan fingerprint density at radius 1 is 1.67 bits per heavy atom. The molecule has 0 radical (unpaired) electrons. The summed E-state index contributed by atoms with van der Waals surface area (Å²) < 4.78 is 0. The van der Waals surface area contributed by atoms with E-state index in [-0.39, 0.29) is 5.54 Å². The van der Waals surface area contributed by atoms with Gasteiger partial charge in [-0.1, -0.05) is 0 Å². The summed E-state index contributed by atoms with van der Waals surface area (Å²) in [5.41, 5.74) is 5.79. The van der Waals surface area contributed by atoms with Crippen molar-refractivity contribution in [2.75, 3.05) is 11.5 Å². The summed E-state index contributed by atoms with van der Waals surface area (Å²) in [7, 11) is 0. The van der Waals surface area contributed by atoms with Crippen molar-refractivity contribution >= 4 is 11.8 Å². The molecule has 0 aromatic rings. The van der Waals surface area contributed by atoms with Gasteiger partial charge in [-0.3, -0.25) is 0 Å². The number of nitrogens with two attached hydrogens (primary N) is 1. The Morgan fingerprint density at radius 3 is 2.00 bits per heavy atom. The third-order valence-corrected chi connectivity index (χ3v) is 2.59. The molecule has 1 saturated heterocycles. The van der Waals surface area contributed by atoms with Gasteiger partial charge in [0.05, 0.1) is 0 Å². The lowest BCUT2D eigenvalue weighted by Gasteiger charge is -2.32. The predicted molar refractivity (Wildman–Crippen MR) is 29.9 cm³/mol. The van der Waals surface area contributed by atoms with Crippen LogP contribution in [0.25, 0.3) is 0 Å². The average Bonchev–Trinajstić information content (AvgIpc) is 1.32. The van der Waals surface area contributed by atoms with Gasteiger partial charge in [0.2, 0.25) is 0 Å². The van der Waals surface area contributed by atoms with E-state index in [2.05, 4.69) is 6.92 Å². The first-order valence-electron chi connectivity index (χ1n) is 2.07. The molecular formula is C4H9NS. The van der Waals surface area contributed by atoms with E-state index in [1.165, 1.54) is 0 Å². The van der Waals surface area contributed by atoms with Crippen molar-refractivity contribution in [3.63, 3.8) is 0 Å². The van der Waals surface area contributed by atoms with Gasteiger partial charge in [0.25, 0.3) is 0 Å². The topological polar surface area (TPSA) is 26.0 Å². The fraction of sp³-hybridized carbons (Fsp3) is 1.00. The summed E-state index contributed by atoms with van der Waals surface area (Å²) in [5.74, 6) is 2.29. The molecule has 0 aromatic carbocycles. The fourth-order valence-electron chi connectivity index (χ4n) is 0.424. The second-order valence-electron chi connectivity index (χ2n) is 2.15. The SMILES string of the molecule is CC1(N)CSC1. The molecule has 0 saturated carbocycles. The molecule has 0 atom stereocenters. The minimum atomic E-state index is 0.185. The standard InChI is InChI=1S/C4H9NS/c1-4(5)2-6-3-4/h2-3,5H2,1H3. The monoisotopic (exact) mass is 103 g/mol. The van der Waals surface area contributed by atoms with Gasteiger partial charge < -0.3 is 5.73 Å². The molecule has 0 bridgehead atoms. The molecule has 0 spiro atoms. The van der Waals surface area contributed by atoms with Crippen LogP contribution in [0, 0.1) is 0 Å². The largest absolute Gasteiger partial charge is 0.324 e. The quantitative estimate of drug-likeness (QED) is 0.481. The van der Waals surface area contributed by atoms with E-state index in [0.29, 0.717) is 0 Å². The van der Waals surface area contributed by atoms with Gasteiger partial charge in [-0.05, 0) is 6.92 Å². The van der Waals surface area contributed by atoms with Gasteiger partial charge in [-0.15, -0.1) is 0 Å². The van der Waals surface area contributed by atoms with Crippen LogP contribution in [-0.4, -0.2) is 17.0 Å². The maximum absolute atomic E-state index is 5.60. The van der Waals surface area contributed by atoms with Gasteiger partial charge in [0, 0.05) is 17.0 Å². The highest BCUT2D eigenvalue weighted by atomic mass is 32.2. The van der Waals surface area contributed by atoms with Gasteiger partial charge in [0.1, 0.15) is 0 Å². The van der Waals surface area contributed by atoms with E-state index in [9.17, 15) is 0 Å². The predicted octanol–water partition coefficient (Wildman–Crippen LogP) is 0.451. The molecule has 1 heterocycles. The van der Waals surface area contributed by atoms with Crippen LogP contribution < -0.4 is 5.73 Å².